The first kappa shape index (κ1) is 19.2. The molecule has 5 nitrogen and oxygen atoms in total. The number of fused-ring (bicyclic) bond motifs is 1. The number of carbonyl (C=O) groups is 1. The smallest absolute Gasteiger partial charge is 0.316 e. The van der Waals surface area contributed by atoms with Crippen molar-refractivity contribution in [3.8, 4) is 5.69 Å². The van der Waals surface area contributed by atoms with Gasteiger partial charge in [-0.1, -0.05) is 36.0 Å². The van der Waals surface area contributed by atoms with Crippen molar-refractivity contribution >= 4 is 28.6 Å². The van der Waals surface area contributed by atoms with Crippen molar-refractivity contribution in [3.63, 3.8) is 0 Å². The van der Waals surface area contributed by atoms with Gasteiger partial charge in [-0.25, -0.2) is 4.98 Å². The van der Waals surface area contributed by atoms with Crippen LogP contribution in [-0.4, -0.2) is 27.4 Å². The Balaban J connectivity index is 2.14. The molecule has 0 fully saturated rings. The second kappa shape index (κ2) is 7.96. The molecule has 1 aromatic heterocycles. The van der Waals surface area contributed by atoms with Crippen molar-refractivity contribution in [2.24, 2.45) is 0 Å². The maximum atomic E-state index is 13.2. The molecule has 1 heterocycles. The molecule has 0 amide bonds. The molecule has 0 unspecified atom stereocenters. The predicted octanol–water partition coefficient (Wildman–Crippen LogP) is 4.05. The van der Waals surface area contributed by atoms with Crippen LogP contribution in [0.4, 0.5) is 0 Å². The number of rotatable bonds is 5. The Bertz CT molecular complexity index is 1060. The van der Waals surface area contributed by atoms with E-state index in [0.717, 1.165) is 16.8 Å². The van der Waals surface area contributed by atoms with Gasteiger partial charge in [0.2, 0.25) is 0 Å². The van der Waals surface area contributed by atoms with Crippen LogP contribution in [0.5, 0.6) is 0 Å². The Hall–Kier alpha value is -2.60. The Kier molecular flexibility index (Phi) is 5.65. The van der Waals surface area contributed by atoms with E-state index in [1.165, 1.54) is 11.8 Å². The van der Waals surface area contributed by atoms with Crippen LogP contribution in [0.15, 0.2) is 52.4 Å². The fourth-order valence-corrected chi connectivity index (χ4v) is 3.61. The maximum Gasteiger partial charge on any atom is 0.316 e. The van der Waals surface area contributed by atoms with Gasteiger partial charge in [0.15, 0.2) is 5.16 Å². The molecule has 0 N–H and O–H groups in total. The third-order valence-corrected chi connectivity index (χ3v) is 5.16. The van der Waals surface area contributed by atoms with Gasteiger partial charge in [0.25, 0.3) is 5.56 Å². The molecule has 0 aliphatic carbocycles. The molecule has 140 valence electrons. The molecule has 0 spiro atoms. The summed E-state index contributed by atoms with van der Waals surface area (Å²) in [5.41, 5.74) is 3.34. The number of hydrogen-bond acceptors (Lipinski definition) is 5. The Morgan fingerprint density at radius 2 is 1.89 bits per heavy atom. The van der Waals surface area contributed by atoms with E-state index in [0.29, 0.717) is 16.1 Å². The Morgan fingerprint density at radius 1 is 1.15 bits per heavy atom. The largest absolute Gasteiger partial charge is 0.462 e. The zero-order valence-corrected chi connectivity index (χ0v) is 16.7. The molecule has 0 bridgehead atoms. The lowest BCUT2D eigenvalue weighted by molar-refractivity contribution is -0.144. The zero-order valence-electron chi connectivity index (χ0n) is 15.9. The summed E-state index contributed by atoms with van der Waals surface area (Å²) >= 11 is 1.21. The van der Waals surface area contributed by atoms with E-state index in [4.69, 9.17) is 4.74 Å². The second-order valence-corrected chi connectivity index (χ2v) is 7.54. The van der Waals surface area contributed by atoms with Gasteiger partial charge < -0.3 is 4.74 Å². The molecule has 0 atom stereocenters. The van der Waals surface area contributed by atoms with Gasteiger partial charge in [0, 0.05) is 0 Å². The van der Waals surface area contributed by atoms with Gasteiger partial charge in [-0.2, -0.15) is 0 Å². The summed E-state index contributed by atoms with van der Waals surface area (Å²) in [6.45, 7) is 7.60. The lowest BCUT2D eigenvalue weighted by Gasteiger charge is -2.16. The van der Waals surface area contributed by atoms with Crippen LogP contribution in [0.2, 0.25) is 0 Å². The average Bonchev–Trinajstić information content (AvgIpc) is 2.62. The van der Waals surface area contributed by atoms with Crippen LogP contribution in [0.3, 0.4) is 0 Å². The van der Waals surface area contributed by atoms with E-state index < -0.39 is 0 Å². The summed E-state index contributed by atoms with van der Waals surface area (Å²) in [4.78, 5) is 29.9. The van der Waals surface area contributed by atoms with E-state index >= 15 is 0 Å². The standard InChI is InChI=1S/C21H22N2O3S/c1-13(2)26-19(24)12-27-21-22-17-10-6-5-9-16(17)20(25)23(21)18-11-7-8-14(3)15(18)4/h5-11,13H,12H2,1-4H3. The zero-order chi connectivity index (χ0) is 19.6. The van der Waals surface area contributed by atoms with Crippen molar-refractivity contribution in [2.75, 3.05) is 5.75 Å². The quantitative estimate of drug-likeness (QED) is 0.378. The molecule has 0 radical (unpaired) electrons. The lowest BCUT2D eigenvalue weighted by Crippen LogP contribution is -2.23. The second-order valence-electron chi connectivity index (χ2n) is 6.60. The number of thioether (sulfide) groups is 1. The number of ether oxygens (including phenoxy) is 1. The average molecular weight is 382 g/mol. The molecule has 0 aliphatic rings. The summed E-state index contributed by atoms with van der Waals surface area (Å²) in [5, 5.41) is 1.03. The number of benzene rings is 2. The monoisotopic (exact) mass is 382 g/mol. The van der Waals surface area contributed by atoms with Crippen LogP contribution in [0.25, 0.3) is 16.6 Å². The maximum absolute atomic E-state index is 13.2. The van der Waals surface area contributed by atoms with Gasteiger partial charge in [-0.15, -0.1) is 0 Å². The van der Waals surface area contributed by atoms with Crippen molar-refractivity contribution in [1.82, 2.24) is 9.55 Å². The van der Waals surface area contributed by atoms with E-state index in [-0.39, 0.29) is 23.4 Å². The molecular weight excluding hydrogens is 360 g/mol. The van der Waals surface area contributed by atoms with Crippen molar-refractivity contribution in [3.05, 3.63) is 63.9 Å². The van der Waals surface area contributed by atoms with Gasteiger partial charge in [-0.05, 0) is 57.0 Å². The minimum absolute atomic E-state index is 0.0911. The molecule has 6 heteroatoms. The minimum atomic E-state index is -0.329. The predicted molar refractivity (Wildman–Crippen MR) is 109 cm³/mol. The van der Waals surface area contributed by atoms with E-state index in [1.54, 1.807) is 16.7 Å². The first-order valence-electron chi connectivity index (χ1n) is 8.79. The van der Waals surface area contributed by atoms with Crippen molar-refractivity contribution in [2.45, 2.75) is 39.0 Å². The minimum Gasteiger partial charge on any atom is -0.462 e. The molecule has 27 heavy (non-hydrogen) atoms. The van der Waals surface area contributed by atoms with Crippen LogP contribution >= 0.6 is 11.8 Å². The van der Waals surface area contributed by atoms with E-state index in [2.05, 4.69) is 4.98 Å². The SMILES string of the molecule is Cc1cccc(-n2c(SCC(=O)OC(C)C)nc3ccccc3c2=O)c1C. The summed E-state index contributed by atoms with van der Waals surface area (Å²) in [7, 11) is 0. The van der Waals surface area contributed by atoms with Crippen LogP contribution in [0.1, 0.15) is 25.0 Å². The Morgan fingerprint density at radius 3 is 2.63 bits per heavy atom. The lowest BCUT2D eigenvalue weighted by atomic mass is 10.1. The number of carbonyl (C=O) groups excluding carboxylic acids is 1. The summed E-state index contributed by atoms with van der Waals surface area (Å²) < 4.78 is 6.80. The number of aryl methyl sites for hydroxylation is 1. The summed E-state index contributed by atoms with van der Waals surface area (Å²) in [5.74, 6) is -0.238. The highest BCUT2D eigenvalue weighted by Gasteiger charge is 2.17. The van der Waals surface area contributed by atoms with E-state index in [1.807, 2.05) is 58.0 Å². The third-order valence-electron chi connectivity index (χ3n) is 4.25. The van der Waals surface area contributed by atoms with Crippen molar-refractivity contribution in [1.29, 1.82) is 0 Å². The van der Waals surface area contributed by atoms with Gasteiger partial charge >= 0.3 is 5.97 Å². The van der Waals surface area contributed by atoms with Crippen LogP contribution in [-0.2, 0) is 9.53 Å². The number of aromatic nitrogens is 2. The molecule has 0 saturated heterocycles. The highest BCUT2D eigenvalue weighted by Crippen LogP contribution is 2.24. The molecule has 2 aromatic carbocycles. The Labute approximate surface area is 162 Å². The number of nitrogens with zero attached hydrogens (tertiary/aromatic N) is 2. The third kappa shape index (κ3) is 4.06. The van der Waals surface area contributed by atoms with Crippen LogP contribution in [0, 0.1) is 13.8 Å². The highest BCUT2D eigenvalue weighted by molar-refractivity contribution is 7.99. The molecule has 0 aliphatic heterocycles. The number of esters is 1. The molecular formula is C21H22N2O3S. The van der Waals surface area contributed by atoms with E-state index in [9.17, 15) is 9.59 Å². The topological polar surface area (TPSA) is 61.2 Å². The first-order chi connectivity index (χ1) is 12.9. The van der Waals surface area contributed by atoms with Gasteiger partial charge in [0.1, 0.15) is 0 Å². The molecule has 3 rings (SSSR count). The highest BCUT2D eigenvalue weighted by atomic mass is 32.2. The van der Waals surface area contributed by atoms with Crippen LogP contribution < -0.4 is 5.56 Å². The fraction of sp³-hybridized carbons (Fsp3) is 0.286. The number of hydrogen-bond donors (Lipinski definition) is 0. The first-order valence-corrected chi connectivity index (χ1v) is 9.77. The molecule has 3 aromatic rings. The van der Waals surface area contributed by atoms with Gasteiger partial charge in [-0.3, -0.25) is 14.2 Å². The summed E-state index contributed by atoms with van der Waals surface area (Å²) in [6.07, 6.45) is -0.177. The molecule has 0 saturated carbocycles. The number of para-hydroxylation sites is 1. The van der Waals surface area contributed by atoms with Gasteiger partial charge in [0.05, 0.1) is 28.4 Å². The summed E-state index contributed by atoms with van der Waals surface area (Å²) in [6, 6.07) is 13.1. The van der Waals surface area contributed by atoms with Crippen molar-refractivity contribution < 1.29 is 9.53 Å². The normalized spacial score (nSPS) is 11.1. The fourth-order valence-electron chi connectivity index (χ4n) is 2.82.